The highest BCUT2D eigenvalue weighted by Crippen LogP contribution is 2.16. The van der Waals surface area contributed by atoms with E-state index in [4.69, 9.17) is 4.74 Å². The average molecular weight is 379 g/mol. The molecule has 1 aromatic carbocycles. The summed E-state index contributed by atoms with van der Waals surface area (Å²) in [6, 6.07) is 10.0. The topological polar surface area (TPSA) is 82.3 Å². The minimum absolute atomic E-state index is 0.203. The molecule has 0 aliphatic heterocycles. The Balaban J connectivity index is 1.83. The second-order valence-corrected chi connectivity index (χ2v) is 5.78. The molecule has 1 aromatic heterocycles. The van der Waals surface area contributed by atoms with Crippen LogP contribution in [-0.4, -0.2) is 18.5 Å². The molecule has 1 amide bonds. The molecule has 120 valence electrons. The summed E-state index contributed by atoms with van der Waals surface area (Å²) in [6.07, 6.45) is 2.37. The standard InChI is InChI=1S/C16H15BrN2O4/c1-11(12-2-4-14(17)5-3-12)18-15(20)10-23-16(21)13-6-8-19(22)9-7-13/h2-9,11H,10H2,1H3,(H,18,20)/t11-/m1/s1. The molecule has 1 atom stereocenters. The van der Waals surface area contributed by atoms with Crippen molar-refractivity contribution in [2.75, 3.05) is 6.61 Å². The summed E-state index contributed by atoms with van der Waals surface area (Å²) in [4.78, 5) is 23.6. The summed E-state index contributed by atoms with van der Waals surface area (Å²) in [6.45, 7) is 1.46. The number of nitrogens with one attached hydrogen (secondary N) is 1. The van der Waals surface area contributed by atoms with Gasteiger partial charge in [-0.25, -0.2) is 4.79 Å². The molecule has 0 spiro atoms. The molecule has 0 aliphatic rings. The lowest BCUT2D eigenvalue weighted by molar-refractivity contribution is -0.605. The first kappa shape index (κ1) is 17.0. The van der Waals surface area contributed by atoms with Crippen molar-refractivity contribution in [3.05, 3.63) is 69.6 Å². The van der Waals surface area contributed by atoms with E-state index in [2.05, 4.69) is 21.2 Å². The van der Waals surface area contributed by atoms with Crippen LogP contribution in [0.25, 0.3) is 0 Å². The minimum atomic E-state index is -0.656. The lowest BCUT2D eigenvalue weighted by atomic mass is 10.1. The van der Waals surface area contributed by atoms with Gasteiger partial charge in [0.1, 0.15) is 0 Å². The van der Waals surface area contributed by atoms with E-state index in [-0.39, 0.29) is 18.2 Å². The fourth-order valence-corrected chi connectivity index (χ4v) is 2.15. The maximum Gasteiger partial charge on any atom is 0.339 e. The van der Waals surface area contributed by atoms with Crippen LogP contribution in [0.3, 0.4) is 0 Å². The molecule has 2 rings (SSSR count). The number of carbonyl (C=O) groups excluding carboxylic acids is 2. The molecule has 0 bridgehead atoms. The third-order valence-electron chi connectivity index (χ3n) is 3.12. The summed E-state index contributed by atoms with van der Waals surface area (Å²) in [7, 11) is 0. The number of amides is 1. The summed E-state index contributed by atoms with van der Waals surface area (Å²) in [5, 5.41) is 13.6. The second kappa shape index (κ2) is 7.73. The molecule has 0 aliphatic carbocycles. The fourth-order valence-electron chi connectivity index (χ4n) is 1.88. The molecule has 1 heterocycles. The minimum Gasteiger partial charge on any atom is -0.619 e. The number of carbonyl (C=O) groups is 2. The predicted octanol–water partition coefficient (Wildman–Crippen LogP) is 2.12. The smallest absolute Gasteiger partial charge is 0.339 e. The van der Waals surface area contributed by atoms with Gasteiger partial charge in [0.15, 0.2) is 19.0 Å². The van der Waals surface area contributed by atoms with Crippen LogP contribution in [-0.2, 0) is 9.53 Å². The van der Waals surface area contributed by atoms with E-state index in [0.29, 0.717) is 4.73 Å². The highest BCUT2D eigenvalue weighted by atomic mass is 79.9. The van der Waals surface area contributed by atoms with Gasteiger partial charge in [0.05, 0.1) is 11.6 Å². The molecule has 7 heteroatoms. The van der Waals surface area contributed by atoms with E-state index in [1.807, 2.05) is 31.2 Å². The Bertz CT molecular complexity index is 686. The summed E-state index contributed by atoms with van der Waals surface area (Å²) >= 11 is 3.35. The van der Waals surface area contributed by atoms with Gasteiger partial charge in [0.2, 0.25) is 0 Å². The van der Waals surface area contributed by atoms with Crippen molar-refractivity contribution in [2.45, 2.75) is 13.0 Å². The Labute approximate surface area is 141 Å². The zero-order chi connectivity index (χ0) is 16.8. The van der Waals surface area contributed by atoms with Crippen molar-refractivity contribution >= 4 is 27.8 Å². The van der Waals surface area contributed by atoms with Crippen LogP contribution in [0.4, 0.5) is 0 Å². The fraction of sp³-hybridized carbons (Fsp3) is 0.188. The monoisotopic (exact) mass is 378 g/mol. The number of benzene rings is 1. The number of aromatic nitrogens is 1. The third-order valence-corrected chi connectivity index (χ3v) is 3.65. The lowest BCUT2D eigenvalue weighted by Gasteiger charge is -2.14. The Hall–Kier alpha value is -2.41. The molecule has 0 saturated carbocycles. The number of hydrogen-bond acceptors (Lipinski definition) is 4. The van der Waals surface area contributed by atoms with Crippen molar-refractivity contribution in [3.63, 3.8) is 0 Å². The van der Waals surface area contributed by atoms with Crippen molar-refractivity contribution in [2.24, 2.45) is 0 Å². The zero-order valence-corrected chi connectivity index (χ0v) is 13.9. The van der Waals surface area contributed by atoms with Gasteiger partial charge in [-0.2, -0.15) is 4.73 Å². The predicted molar refractivity (Wildman–Crippen MR) is 86.4 cm³/mol. The molecule has 2 aromatic rings. The number of ether oxygens (including phenoxy) is 1. The molecule has 6 nitrogen and oxygen atoms in total. The lowest BCUT2D eigenvalue weighted by Crippen LogP contribution is -2.31. The summed E-state index contributed by atoms with van der Waals surface area (Å²) < 4.78 is 6.43. The van der Waals surface area contributed by atoms with E-state index in [1.165, 1.54) is 24.5 Å². The average Bonchev–Trinajstić information content (AvgIpc) is 2.54. The highest BCUT2D eigenvalue weighted by Gasteiger charge is 2.13. The molecule has 0 saturated heterocycles. The van der Waals surface area contributed by atoms with E-state index >= 15 is 0 Å². The first-order valence-corrected chi connectivity index (χ1v) is 7.66. The van der Waals surface area contributed by atoms with E-state index in [1.54, 1.807) is 0 Å². The van der Waals surface area contributed by atoms with Gasteiger partial charge in [0, 0.05) is 16.6 Å². The molecule has 0 radical (unpaired) electrons. The first-order valence-electron chi connectivity index (χ1n) is 6.86. The van der Waals surface area contributed by atoms with Crippen LogP contribution in [0.5, 0.6) is 0 Å². The molecule has 1 N–H and O–H groups in total. The second-order valence-electron chi connectivity index (χ2n) is 4.86. The molecular formula is C16H15BrN2O4. The Morgan fingerprint density at radius 2 is 1.83 bits per heavy atom. The maximum atomic E-state index is 11.8. The van der Waals surface area contributed by atoms with E-state index in [9.17, 15) is 14.8 Å². The van der Waals surface area contributed by atoms with Crippen LogP contribution in [0.15, 0.2) is 53.3 Å². The van der Waals surface area contributed by atoms with Gasteiger partial charge >= 0.3 is 5.97 Å². The van der Waals surface area contributed by atoms with Gasteiger partial charge in [0.25, 0.3) is 5.91 Å². The van der Waals surface area contributed by atoms with Gasteiger partial charge in [-0.1, -0.05) is 28.1 Å². The summed E-state index contributed by atoms with van der Waals surface area (Å²) in [5.41, 5.74) is 1.15. The number of pyridine rings is 1. The largest absolute Gasteiger partial charge is 0.619 e. The SMILES string of the molecule is C[C@@H](NC(=O)COC(=O)c1cc[n+]([O-])cc1)c1ccc(Br)cc1. The highest BCUT2D eigenvalue weighted by molar-refractivity contribution is 9.10. The van der Waals surface area contributed by atoms with Gasteiger partial charge < -0.3 is 15.3 Å². The molecule has 0 unspecified atom stereocenters. The van der Waals surface area contributed by atoms with E-state index < -0.39 is 11.9 Å². The number of rotatable bonds is 5. The zero-order valence-electron chi connectivity index (χ0n) is 12.4. The molecule has 23 heavy (non-hydrogen) atoms. The quantitative estimate of drug-likeness (QED) is 0.490. The van der Waals surface area contributed by atoms with Crippen molar-refractivity contribution in [1.29, 1.82) is 0 Å². The van der Waals surface area contributed by atoms with Gasteiger partial charge in [-0.05, 0) is 24.6 Å². The number of halogens is 1. The first-order chi connectivity index (χ1) is 11.0. The van der Waals surface area contributed by atoms with Crippen molar-refractivity contribution in [1.82, 2.24) is 5.32 Å². The third kappa shape index (κ3) is 5.07. The van der Waals surface area contributed by atoms with Crippen LogP contribution in [0.1, 0.15) is 28.9 Å². The number of esters is 1. The van der Waals surface area contributed by atoms with Crippen molar-refractivity contribution in [3.8, 4) is 0 Å². The number of hydrogen-bond donors (Lipinski definition) is 1. The molecule has 0 fully saturated rings. The Kier molecular flexibility index (Phi) is 5.70. The van der Waals surface area contributed by atoms with Crippen molar-refractivity contribution < 1.29 is 19.1 Å². The molecular weight excluding hydrogens is 364 g/mol. The Morgan fingerprint density at radius 1 is 1.22 bits per heavy atom. The van der Waals surface area contributed by atoms with E-state index in [0.717, 1.165) is 10.0 Å². The Morgan fingerprint density at radius 3 is 2.43 bits per heavy atom. The van der Waals surface area contributed by atoms with Crippen LogP contribution < -0.4 is 10.0 Å². The van der Waals surface area contributed by atoms with Gasteiger partial charge in [-0.15, -0.1) is 0 Å². The number of nitrogens with zero attached hydrogens (tertiary/aromatic N) is 1. The summed E-state index contributed by atoms with van der Waals surface area (Å²) in [5.74, 6) is -1.05. The maximum absolute atomic E-state index is 11.8. The normalized spacial score (nSPS) is 11.6. The van der Waals surface area contributed by atoms with Gasteiger partial charge in [-0.3, -0.25) is 4.79 Å². The van der Waals surface area contributed by atoms with Crippen LogP contribution in [0, 0.1) is 5.21 Å². The van der Waals surface area contributed by atoms with Crippen LogP contribution >= 0.6 is 15.9 Å². The van der Waals surface area contributed by atoms with Crippen LogP contribution in [0.2, 0.25) is 0 Å².